The lowest BCUT2D eigenvalue weighted by atomic mass is 9.75. The minimum Gasteiger partial charge on any atom is -0.465 e. The Morgan fingerprint density at radius 3 is 2.40 bits per heavy atom. The molecule has 4 nitrogen and oxygen atoms in total. The van der Waals surface area contributed by atoms with Gasteiger partial charge in [0.05, 0.1) is 7.11 Å². The maximum Gasteiger partial charge on any atom is 0.345 e. The van der Waals surface area contributed by atoms with Crippen molar-refractivity contribution in [2.75, 3.05) is 7.11 Å². The highest BCUT2D eigenvalue weighted by Gasteiger charge is 2.35. The minimum absolute atomic E-state index is 0.0607. The second kappa shape index (κ2) is 8.84. The van der Waals surface area contributed by atoms with Crippen LogP contribution in [0.5, 0.6) is 0 Å². The lowest BCUT2D eigenvalue weighted by Gasteiger charge is -2.36. The molecule has 136 valence electrons. The first kappa shape index (κ1) is 19.2. The molecule has 0 bridgehead atoms. The van der Waals surface area contributed by atoms with Crippen molar-refractivity contribution in [1.82, 2.24) is 0 Å². The van der Waals surface area contributed by atoms with Crippen molar-refractivity contribution in [2.24, 2.45) is 17.8 Å². The number of esters is 2. The molecule has 1 aromatic rings. The molecule has 0 heterocycles. The van der Waals surface area contributed by atoms with Gasteiger partial charge in [-0.05, 0) is 42.2 Å². The van der Waals surface area contributed by atoms with E-state index in [4.69, 9.17) is 9.47 Å². The first-order valence-electron chi connectivity index (χ1n) is 8.98. The molecule has 2 rings (SSSR count). The first-order valence-corrected chi connectivity index (χ1v) is 8.98. The van der Waals surface area contributed by atoms with Gasteiger partial charge in [0.2, 0.25) is 0 Å². The number of hydrogen-bond donors (Lipinski definition) is 0. The van der Waals surface area contributed by atoms with Gasteiger partial charge in [0.25, 0.3) is 0 Å². The average Bonchev–Trinajstić information content (AvgIpc) is 2.59. The molecule has 4 heteroatoms. The second-order valence-corrected chi connectivity index (χ2v) is 7.23. The van der Waals surface area contributed by atoms with E-state index in [-0.39, 0.29) is 11.7 Å². The topological polar surface area (TPSA) is 52.6 Å². The lowest BCUT2D eigenvalue weighted by molar-refractivity contribution is -0.154. The normalized spacial score (nSPS) is 24.0. The summed E-state index contributed by atoms with van der Waals surface area (Å²) in [6.07, 6.45) is 4.42. The number of benzene rings is 1. The molecule has 3 atom stereocenters. The zero-order valence-electron chi connectivity index (χ0n) is 15.5. The maximum atomic E-state index is 12.7. The quantitative estimate of drug-likeness (QED) is 0.347. The molecule has 1 aliphatic carbocycles. The van der Waals surface area contributed by atoms with Gasteiger partial charge < -0.3 is 9.47 Å². The predicted molar refractivity (Wildman–Crippen MR) is 97.7 cm³/mol. The van der Waals surface area contributed by atoms with Crippen LogP contribution in [-0.4, -0.2) is 25.2 Å². The van der Waals surface area contributed by atoms with Crippen LogP contribution in [0.2, 0.25) is 0 Å². The van der Waals surface area contributed by atoms with E-state index in [2.05, 4.69) is 20.8 Å². The van der Waals surface area contributed by atoms with Crippen molar-refractivity contribution < 1.29 is 19.1 Å². The minimum atomic E-state index is -0.668. The molecular formula is C21H28O4. The predicted octanol–water partition coefficient (Wildman–Crippen LogP) is 4.25. The monoisotopic (exact) mass is 344 g/mol. The highest BCUT2D eigenvalue weighted by Crippen LogP contribution is 2.35. The van der Waals surface area contributed by atoms with Crippen molar-refractivity contribution in [2.45, 2.75) is 46.1 Å². The number of hydrogen-bond acceptors (Lipinski definition) is 4. The molecule has 0 N–H and O–H groups in total. The Labute approximate surface area is 150 Å². The number of rotatable bonds is 5. The lowest BCUT2D eigenvalue weighted by Crippen LogP contribution is -2.36. The van der Waals surface area contributed by atoms with E-state index in [1.807, 2.05) is 30.3 Å². The number of carbonyl (C=O) groups is 2. The zero-order valence-corrected chi connectivity index (χ0v) is 15.5. The van der Waals surface area contributed by atoms with Crippen LogP contribution in [0.25, 0.3) is 6.08 Å². The van der Waals surface area contributed by atoms with Crippen LogP contribution < -0.4 is 0 Å². The first-order chi connectivity index (χ1) is 11.9. The maximum absolute atomic E-state index is 12.7. The summed E-state index contributed by atoms with van der Waals surface area (Å²) in [5.41, 5.74) is 0.701. The number of ether oxygens (including phenoxy) is 2. The molecule has 0 aliphatic heterocycles. The van der Waals surface area contributed by atoms with Gasteiger partial charge in [-0.25, -0.2) is 9.59 Å². The van der Waals surface area contributed by atoms with Gasteiger partial charge in [-0.15, -0.1) is 0 Å². The summed E-state index contributed by atoms with van der Waals surface area (Å²) >= 11 is 0. The van der Waals surface area contributed by atoms with Crippen molar-refractivity contribution in [3.05, 3.63) is 41.5 Å². The summed E-state index contributed by atoms with van der Waals surface area (Å²) in [5.74, 6) is 0.0208. The molecule has 1 aliphatic rings. The Bertz CT molecular complexity index is 618. The average molecular weight is 344 g/mol. The fraction of sp³-hybridized carbons (Fsp3) is 0.524. The second-order valence-electron chi connectivity index (χ2n) is 7.23. The summed E-state index contributed by atoms with van der Waals surface area (Å²) in [7, 11) is 1.27. The van der Waals surface area contributed by atoms with Gasteiger partial charge in [0, 0.05) is 0 Å². The fourth-order valence-corrected chi connectivity index (χ4v) is 3.48. The third-order valence-electron chi connectivity index (χ3n) is 4.96. The smallest absolute Gasteiger partial charge is 0.345 e. The van der Waals surface area contributed by atoms with E-state index in [1.54, 1.807) is 0 Å². The molecule has 0 saturated heterocycles. The number of methoxy groups -OCH3 is 1. The Morgan fingerprint density at radius 1 is 1.12 bits per heavy atom. The van der Waals surface area contributed by atoms with Crippen molar-refractivity contribution >= 4 is 18.0 Å². The molecule has 1 aromatic carbocycles. The molecule has 0 amide bonds. The molecule has 0 aromatic heterocycles. The van der Waals surface area contributed by atoms with Gasteiger partial charge in [0.15, 0.2) is 0 Å². The Morgan fingerprint density at radius 2 is 1.80 bits per heavy atom. The van der Waals surface area contributed by atoms with Gasteiger partial charge in [-0.2, -0.15) is 0 Å². The van der Waals surface area contributed by atoms with E-state index in [9.17, 15) is 9.59 Å². The fourth-order valence-electron chi connectivity index (χ4n) is 3.48. The molecule has 0 radical (unpaired) electrons. The van der Waals surface area contributed by atoms with E-state index < -0.39 is 11.9 Å². The SMILES string of the molecule is COC(=O)/C(=C\c1ccccc1)C(=O)OC1CC(C)CCC1C(C)C. The molecule has 1 fully saturated rings. The third-order valence-corrected chi connectivity index (χ3v) is 4.96. The van der Waals surface area contributed by atoms with E-state index in [0.717, 1.165) is 24.8 Å². The van der Waals surface area contributed by atoms with Crippen LogP contribution in [0.1, 0.15) is 45.6 Å². The van der Waals surface area contributed by atoms with Gasteiger partial charge in [-0.1, -0.05) is 57.5 Å². The van der Waals surface area contributed by atoms with E-state index in [0.29, 0.717) is 17.8 Å². The largest absolute Gasteiger partial charge is 0.465 e. The Hall–Kier alpha value is -2.10. The summed E-state index contributed by atoms with van der Waals surface area (Å²) in [6.45, 7) is 6.49. The van der Waals surface area contributed by atoms with Crippen LogP contribution >= 0.6 is 0 Å². The van der Waals surface area contributed by atoms with Crippen LogP contribution in [0.4, 0.5) is 0 Å². The highest BCUT2D eigenvalue weighted by molar-refractivity contribution is 6.17. The summed E-state index contributed by atoms with van der Waals surface area (Å²) < 4.78 is 10.6. The van der Waals surface area contributed by atoms with Crippen molar-refractivity contribution in [1.29, 1.82) is 0 Å². The van der Waals surface area contributed by atoms with Crippen LogP contribution in [-0.2, 0) is 19.1 Å². The molecule has 3 unspecified atom stereocenters. The summed E-state index contributed by atoms with van der Waals surface area (Å²) in [4.78, 5) is 24.8. The van der Waals surface area contributed by atoms with Gasteiger partial charge in [0.1, 0.15) is 11.7 Å². The third kappa shape index (κ3) is 5.18. The number of carbonyl (C=O) groups excluding carboxylic acids is 2. The summed E-state index contributed by atoms with van der Waals surface area (Å²) in [5, 5.41) is 0. The molecular weight excluding hydrogens is 316 g/mol. The van der Waals surface area contributed by atoms with Gasteiger partial charge >= 0.3 is 11.9 Å². The molecule has 0 spiro atoms. The summed E-state index contributed by atoms with van der Waals surface area (Å²) in [6, 6.07) is 9.24. The molecule has 1 saturated carbocycles. The standard InChI is InChI=1S/C21H28O4/c1-14(2)17-11-10-15(3)12-19(17)25-21(23)18(20(22)24-4)13-16-8-6-5-7-9-16/h5-9,13-15,17,19H,10-12H2,1-4H3/b18-13+. The van der Waals surface area contributed by atoms with E-state index in [1.165, 1.54) is 13.2 Å². The van der Waals surface area contributed by atoms with Gasteiger partial charge in [-0.3, -0.25) is 0 Å². The zero-order chi connectivity index (χ0) is 18.4. The highest BCUT2D eigenvalue weighted by atomic mass is 16.6. The Balaban J connectivity index is 2.21. The van der Waals surface area contributed by atoms with Crippen molar-refractivity contribution in [3.63, 3.8) is 0 Å². The van der Waals surface area contributed by atoms with Crippen LogP contribution in [0.3, 0.4) is 0 Å². The molecule has 25 heavy (non-hydrogen) atoms. The van der Waals surface area contributed by atoms with E-state index >= 15 is 0 Å². The van der Waals surface area contributed by atoms with Crippen LogP contribution in [0, 0.1) is 17.8 Å². The Kier molecular flexibility index (Phi) is 6.80. The van der Waals surface area contributed by atoms with Crippen LogP contribution in [0.15, 0.2) is 35.9 Å². The van der Waals surface area contributed by atoms with Crippen molar-refractivity contribution in [3.8, 4) is 0 Å².